The van der Waals surface area contributed by atoms with E-state index >= 15 is 0 Å². The third-order valence-corrected chi connectivity index (χ3v) is 3.22. The van der Waals surface area contributed by atoms with Crippen molar-refractivity contribution in [2.45, 2.75) is 40.0 Å². The predicted octanol–water partition coefficient (Wildman–Crippen LogP) is 4.25. The number of rotatable bonds is 5. The van der Waals surface area contributed by atoms with Crippen molar-refractivity contribution in [3.63, 3.8) is 0 Å². The van der Waals surface area contributed by atoms with Crippen molar-refractivity contribution in [1.29, 1.82) is 0 Å². The van der Waals surface area contributed by atoms with E-state index in [2.05, 4.69) is 44.7 Å². The van der Waals surface area contributed by atoms with Crippen LogP contribution in [0.1, 0.15) is 37.5 Å². The summed E-state index contributed by atoms with van der Waals surface area (Å²) in [4.78, 5) is 13.2. The molecule has 5 heteroatoms. The monoisotopic (exact) mass is 335 g/mol. The van der Waals surface area contributed by atoms with Gasteiger partial charge in [-0.2, -0.15) is 4.98 Å². The van der Waals surface area contributed by atoms with Crippen molar-refractivity contribution >= 4 is 15.9 Å². The third-order valence-electron chi connectivity index (χ3n) is 2.81. The van der Waals surface area contributed by atoms with Gasteiger partial charge in [0.1, 0.15) is 10.4 Å². The normalized spacial score (nSPS) is 10.6. The van der Waals surface area contributed by atoms with Gasteiger partial charge in [-0.1, -0.05) is 13.8 Å². The summed E-state index contributed by atoms with van der Waals surface area (Å²) in [6.07, 6.45) is 2.66. The van der Waals surface area contributed by atoms with Crippen LogP contribution in [0.2, 0.25) is 0 Å². The van der Waals surface area contributed by atoms with E-state index < -0.39 is 0 Å². The molecular weight excluding hydrogens is 318 g/mol. The van der Waals surface area contributed by atoms with Gasteiger partial charge in [0.15, 0.2) is 5.75 Å². The van der Waals surface area contributed by atoms with Crippen LogP contribution in [0.15, 0.2) is 22.8 Å². The molecule has 0 aliphatic heterocycles. The lowest BCUT2D eigenvalue weighted by atomic mass is 10.2. The van der Waals surface area contributed by atoms with E-state index in [1.807, 2.05) is 19.1 Å². The molecule has 0 atom stereocenters. The smallest absolute Gasteiger partial charge is 0.223 e. The van der Waals surface area contributed by atoms with Crippen molar-refractivity contribution < 1.29 is 4.74 Å². The Bertz CT molecular complexity index is 602. The van der Waals surface area contributed by atoms with Gasteiger partial charge in [0.25, 0.3) is 0 Å². The van der Waals surface area contributed by atoms with E-state index in [1.165, 1.54) is 0 Å². The number of aryl methyl sites for hydroxylation is 3. The molecule has 0 aliphatic carbocycles. The fourth-order valence-corrected chi connectivity index (χ4v) is 2.29. The molecule has 0 spiro atoms. The first-order valence-corrected chi connectivity index (χ1v) is 7.59. The molecule has 0 saturated heterocycles. The molecular formula is C15H18BrN3O. The van der Waals surface area contributed by atoms with Crippen LogP contribution in [-0.2, 0) is 12.8 Å². The van der Waals surface area contributed by atoms with Crippen molar-refractivity contribution in [1.82, 2.24) is 15.0 Å². The van der Waals surface area contributed by atoms with Crippen LogP contribution in [0.4, 0.5) is 0 Å². The second kappa shape index (κ2) is 6.79. The maximum absolute atomic E-state index is 5.88. The molecule has 4 nitrogen and oxygen atoms in total. The Balaban J connectivity index is 2.29. The molecule has 2 aromatic heterocycles. The standard InChI is InChI=1S/C15H18BrN3O/c1-4-6-14-18-13(16)9-15(19-14)20-12-8-7-10(3)17-11(12)5-2/h7-9H,4-6H2,1-3H3. The number of ether oxygens (including phenoxy) is 1. The largest absolute Gasteiger partial charge is 0.437 e. The number of nitrogens with zero attached hydrogens (tertiary/aromatic N) is 3. The average Bonchev–Trinajstić information content (AvgIpc) is 2.40. The number of hydrogen-bond donors (Lipinski definition) is 0. The Morgan fingerprint density at radius 1 is 1.15 bits per heavy atom. The quantitative estimate of drug-likeness (QED) is 0.766. The molecule has 2 aromatic rings. The first-order valence-electron chi connectivity index (χ1n) is 6.80. The molecule has 0 bridgehead atoms. The van der Waals surface area contributed by atoms with Gasteiger partial charge < -0.3 is 4.74 Å². The number of halogens is 1. The van der Waals surface area contributed by atoms with E-state index in [-0.39, 0.29) is 0 Å². The first kappa shape index (κ1) is 14.9. The second-order valence-corrected chi connectivity index (χ2v) is 5.36. The average molecular weight is 336 g/mol. The van der Waals surface area contributed by atoms with Crippen LogP contribution < -0.4 is 4.74 Å². The minimum atomic E-state index is 0.552. The first-order chi connectivity index (χ1) is 9.62. The zero-order valence-electron chi connectivity index (χ0n) is 12.0. The minimum absolute atomic E-state index is 0.552. The lowest BCUT2D eigenvalue weighted by Crippen LogP contribution is -2.00. The molecule has 0 fully saturated rings. The molecule has 0 aliphatic rings. The van der Waals surface area contributed by atoms with Crippen molar-refractivity contribution in [3.05, 3.63) is 40.0 Å². The van der Waals surface area contributed by atoms with Gasteiger partial charge in [0.05, 0.1) is 5.69 Å². The maximum atomic E-state index is 5.88. The molecule has 0 aromatic carbocycles. The van der Waals surface area contributed by atoms with Gasteiger partial charge in [-0.15, -0.1) is 0 Å². The molecule has 0 N–H and O–H groups in total. The van der Waals surface area contributed by atoms with Crippen LogP contribution in [0.5, 0.6) is 11.6 Å². The highest BCUT2D eigenvalue weighted by Gasteiger charge is 2.09. The lowest BCUT2D eigenvalue weighted by Gasteiger charge is -2.10. The van der Waals surface area contributed by atoms with Crippen LogP contribution in [-0.4, -0.2) is 15.0 Å². The Hall–Kier alpha value is -1.49. The summed E-state index contributed by atoms with van der Waals surface area (Å²) < 4.78 is 6.62. The molecule has 2 heterocycles. The second-order valence-electron chi connectivity index (χ2n) is 4.55. The zero-order chi connectivity index (χ0) is 14.5. The van der Waals surface area contributed by atoms with E-state index in [0.717, 1.165) is 46.8 Å². The topological polar surface area (TPSA) is 47.9 Å². The molecule has 0 saturated carbocycles. The van der Waals surface area contributed by atoms with Crippen molar-refractivity contribution in [2.75, 3.05) is 0 Å². The van der Waals surface area contributed by atoms with Crippen molar-refractivity contribution in [3.8, 4) is 11.6 Å². The maximum Gasteiger partial charge on any atom is 0.223 e. The lowest BCUT2D eigenvalue weighted by molar-refractivity contribution is 0.449. The SMILES string of the molecule is CCCc1nc(Br)cc(Oc2ccc(C)nc2CC)n1. The van der Waals surface area contributed by atoms with Crippen LogP contribution >= 0.6 is 15.9 Å². The Labute approximate surface area is 127 Å². The fourth-order valence-electron chi connectivity index (χ4n) is 1.89. The molecule has 2 rings (SSSR count). The van der Waals surface area contributed by atoms with Gasteiger partial charge in [0.2, 0.25) is 5.88 Å². The summed E-state index contributed by atoms with van der Waals surface area (Å²) in [5.41, 5.74) is 1.93. The number of pyridine rings is 1. The highest BCUT2D eigenvalue weighted by molar-refractivity contribution is 9.10. The van der Waals surface area contributed by atoms with E-state index in [9.17, 15) is 0 Å². The van der Waals surface area contributed by atoms with Gasteiger partial charge in [-0.3, -0.25) is 4.98 Å². The summed E-state index contributed by atoms with van der Waals surface area (Å²) in [7, 11) is 0. The van der Waals surface area contributed by atoms with Gasteiger partial charge in [-0.25, -0.2) is 4.98 Å². The number of aromatic nitrogens is 3. The van der Waals surface area contributed by atoms with E-state index in [4.69, 9.17) is 4.74 Å². The summed E-state index contributed by atoms with van der Waals surface area (Å²) >= 11 is 3.40. The molecule has 0 amide bonds. The predicted molar refractivity (Wildman–Crippen MR) is 82.2 cm³/mol. The van der Waals surface area contributed by atoms with Crippen LogP contribution in [0.3, 0.4) is 0 Å². The van der Waals surface area contributed by atoms with Crippen LogP contribution in [0.25, 0.3) is 0 Å². The zero-order valence-corrected chi connectivity index (χ0v) is 13.6. The van der Waals surface area contributed by atoms with E-state index in [0.29, 0.717) is 5.88 Å². The van der Waals surface area contributed by atoms with Gasteiger partial charge in [0, 0.05) is 18.2 Å². The summed E-state index contributed by atoms with van der Waals surface area (Å²) in [6, 6.07) is 5.66. The summed E-state index contributed by atoms with van der Waals surface area (Å²) in [5, 5.41) is 0. The number of hydrogen-bond acceptors (Lipinski definition) is 4. The minimum Gasteiger partial charge on any atom is -0.437 e. The Kier molecular flexibility index (Phi) is 5.06. The Morgan fingerprint density at radius 3 is 2.65 bits per heavy atom. The summed E-state index contributed by atoms with van der Waals surface area (Å²) in [6.45, 7) is 6.14. The Morgan fingerprint density at radius 2 is 1.95 bits per heavy atom. The fraction of sp³-hybridized carbons (Fsp3) is 0.400. The highest BCUT2D eigenvalue weighted by atomic mass is 79.9. The summed E-state index contributed by atoms with van der Waals surface area (Å²) in [5.74, 6) is 2.09. The van der Waals surface area contributed by atoms with Crippen molar-refractivity contribution in [2.24, 2.45) is 0 Å². The highest BCUT2D eigenvalue weighted by Crippen LogP contribution is 2.25. The molecule has 106 valence electrons. The van der Waals surface area contributed by atoms with Gasteiger partial charge in [-0.05, 0) is 47.8 Å². The van der Waals surface area contributed by atoms with Gasteiger partial charge >= 0.3 is 0 Å². The molecule has 20 heavy (non-hydrogen) atoms. The molecule has 0 radical (unpaired) electrons. The molecule has 0 unspecified atom stereocenters. The third kappa shape index (κ3) is 3.76. The van der Waals surface area contributed by atoms with E-state index in [1.54, 1.807) is 6.07 Å². The van der Waals surface area contributed by atoms with Crippen LogP contribution in [0, 0.1) is 6.92 Å².